The molecule has 0 amide bonds. The highest BCUT2D eigenvalue weighted by molar-refractivity contribution is 5.80. The summed E-state index contributed by atoms with van der Waals surface area (Å²) in [6.45, 7) is 4.00. The maximum Gasteiger partial charge on any atom is 0.149 e. The standard InChI is InChI=1S/2C9H9N3.C2H6.CH4/c1-10-8-4-7-5-11-3-2-9(7)12-6-8;1-10-9-6-7-4-2-3-5-8(7)11-12-9;1-2;/h2-6,10H,1H3;2-6H,1H3,(H,10,12);1-2H3;1H4. The molecule has 0 radical (unpaired) electrons. The van der Waals surface area contributed by atoms with E-state index in [1.54, 1.807) is 6.20 Å². The molecule has 0 fully saturated rings. The van der Waals surface area contributed by atoms with Gasteiger partial charge < -0.3 is 10.6 Å². The predicted molar refractivity (Wildman–Crippen MR) is 116 cm³/mol. The number of aromatic nitrogens is 4. The summed E-state index contributed by atoms with van der Waals surface area (Å²) in [7, 11) is 3.71. The van der Waals surface area contributed by atoms with Crippen molar-refractivity contribution in [2.45, 2.75) is 21.3 Å². The van der Waals surface area contributed by atoms with E-state index in [2.05, 4.69) is 30.8 Å². The lowest BCUT2D eigenvalue weighted by Gasteiger charge is -2.00. The lowest BCUT2D eigenvalue weighted by atomic mass is 10.2. The van der Waals surface area contributed by atoms with Crippen LogP contribution in [-0.2, 0) is 0 Å². The molecule has 0 saturated heterocycles. The summed E-state index contributed by atoms with van der Waals surface area (Å²) >= 11 is 0. The van der Waals surface area contributed by atoms with Gasteiger partial charge in [0.2, 0.25) is 0 Å². The zero-order valence-corrected chi connectivity index (χ0v) is 15.6. The molecule has 0 unspecified atom stereocenters. The molecular weight excluding hydrogens is 336 g/mol. The Morgan fingerprint density at radius 2 is 1.56 bits per heavy atom. The van der Waals surface area contributed by atoms with Gasteiger partial charge in [0.1, 0.15) is 5.82 Å². The van der Waals surface area contributed by atoms with Crippen LogP contribution in [0.1, 0.15) is 21.3 Å². The highest BCUT2D eigenvalue weighted by Crippen LogP contribution is 2.14. The van der Waals surface area contributed by atoms with E-state index in [1.807, 2.05) is 82.8 Å². The Morgan fingerprint density at radius 1 is 0.778 bits per heavy atom. The van der Waals surface area contributed by atoms with Crippen molar-refractivity contribution in [1.82, 2.24) is 20.2 Å². The third-order valence-electron chi connectivity index (χ3n) is 3.52. The Hall–Kier alpha value is -3.28. The van der Waals surface area contributed by atoms with Crippen molar-refractivity contribution in [1.29, 1.82) is 0 Å². The molecule has 4 aromatic rings. The Balaban J connectivity index is 0.000000239. The molecule has 0 bridgehead atoms. The van der Waals surface area contributed by atoms with Gasteiger partial charge in [0, 0.05) is 37.3 Å². The fourth-order valence-corrected chi connectivity index (χ4v) is 2.22. The minimum atomic E-state index is 0. The summed E-state index contributed by atoms with van der Waals surface area (Å²) in [4.78, 5) is 8.27. The largest absolute Gasteiger partial charge is 0.387 e. The highest BCUT2D eigenvalue weighted by atomic mass is 15.2. The molecule has 3 aromatic heterocycles. The van der Waals surface area contributed by atoms with Gasteiger partial charge in [-0.05, 0) is 24.3 Å². The number of nitrogens with zero attached hydrogens (tertiary/aromatic N) is 4. The summed E-state index contributed by atoms with van der Waals surface area (Å²) in [5.74, 6) is 0.800. The molecule has 0 aliphatic heterocycles. The summed E-state index contributed by atoms with van der Waals surface area (Å²) in [6.07, 6.45) is 5.36. The summed E-state index contributed by atoms with van der Waals surface area (Å²) < 4.78 is 0. The van der Waals surface area contributed by atoms with Crippen LogP contribution in [0.25, 0.3) is 21.8 Å². The van der Waals surface area contributed by atoms with Gasteiger partial charge in [-0.2, -0.15) is 0 Å². The van der Waals surface area contributed by atoms with Crippen molar-refractivity contribution in [3.05, 3.63) is 61.1 Å². The van der Waals surface area contributed by atoms with Gasteiger partial charge in [-0.3, -0.25) is 9.97 Å². The van der Waals surface area contributed by atoms with Gasteiger partial charge in [-0.25, -0.2) is 0 Å². The molecule has 0 saturated carbocycles. The molecule has 1 aromatic carbocycles. The van der Waals surface area contributed by atoms with E-state index in [4.69, 9.17) is 0 Å². The lowest BCUT2D eigenvalue weighted by molar-refractivity contribution is 1.07. The van der Waals surface area contributed by atoms with Gasteiger partial charge >= 0.3 is 0 Å². The molecule has 0 spiro atoms. The molecule has 3 heterocycles. The number of benzene rings is 1. The first-order valence-corrected chi connectivity index (χ1v) is 8.58. The Bertz CT molecular complexity index is 876. The van der Waals surface area contributed by atoms with E-state index in [-0.39, 0.29) is 7.43 Å². The second-order valence-electron chi connectivity index (χ2n) is 5.08. The van der Waals surface area contributed by atoms with Crippen LogP contribution in [0, 0.1) is 0 Å². The van der Waals surface area contributed by atoms with Gasteiger partial charge in [-0.15, -0.1) is 10.2 Å². The van der Waals surface area contributed by atoms with Gasteiger partial charge in [0.05, 0.1) is 22.9 Å². The van der Waals surface area contributed by atoms with Crippen LogP contribution in [0.4, 0.5) is 11.5 Å². The SMILES string of the molecule is C.CC.CNc1cc2ccccc2nn1.CNc1cnc2ccncc2c1. The molecule has 0 aliphatic carbocycles. The van der Waals surface area contributed by atoms with E-state index >= 15 is 0 Å². The van der Waals surface area contributed by atoms with E-state index in [0.717, 1.165) is 33.3 Å². The molecular formula is C21H28N6. The second kappa shape index (κ2) is 11.4. The Kier molecular flexibility index (Phi) is 9.15. The zero-order chi connectivity index (χ0) is 18.8. The molecule has 6 heteroatoms. The highest BCUT2D eigenvalue weighted by Gasteiger charge is 1.95. The fourth-order valence-electron chi connectivity index (χ4n) is 2.22. The lowest BCUT2D eigenvalue weighted by Crippen LogP contribution is -1.93. The molecule has 142 valence electrons. The van der Waals surface area contributed by atoms with E-state index in [1.165, 1.54) is 0 Å². The van der Waals surface area contributed by atoms with Crippen molar-refractivity contribution in [3.63, 3.8) is 0 Å². The van der Waals surface area contributed by atoms with E-state index in [9.17, 15) is 0 Å². The van der Waals surface area contributed by atoms with Crippen molar-refractivity contribution in [2.24, 2.45) is 0 Å². The first-order chi connectivity index (χ1) is 12.8. The number of hydrogen-bond donors (Lipinski definition) is 2. The average molecular weight is 364 g/mol. The fraction of sp³-hybridized carbons (Fsp3) is 0.238. The van der Waals surface area contributed by atoms with Crippen LogP contribution in [0.3, 0.4) is 0 Å². The Labute approximate surface area is 161 Å². The summed E-state index contributed by atoms with van der Waals surface area (Å²) in [5.41, 5.74) is 2.91. The van der Waals surface area contributed by atoms with Crippen molar-refractivity contribution < 1.29 is 0 Å². The van der Waals surface area contributed by atoms with E-state index in [0.29, 0.717) is 0 Å². The molecule has 2 N–H and O–H groups in total. The van der Waals surface area contributed by atoms with Gasteiger partial charge in [0.25, 0.3) is 0 Å². The first-order valence-electron chi connectivity index (χ1n) is 8.58. The Morgan fingerprint density at radius 3 is 2.30 bits per heavy atom. The van der Waals surface area contributed by atoms with Gasteiger partial charge in [0.15, 0.2) is 0 Å². The van der Waals surface area contributed by atoms with E-state index < -0.39 is 0 Å². The van der Waals surface area contributed by atoms with Crippen LogP contribution in [-0.4, -0.2) is 34.3 Å². The average Bonchev–Trinajstić information content (AvgIpc) is 2.75. The van der Waals surface area contributed by atoms with Gasteiger partial charge in [-0.1, -0.05) is 39.5 Å². The number of fused-ring (bicyclic) bond motifs is 2. The maximum atomic E-state index is 4.25. The molecule has 0 aliphatic rings. The van der Waals surface area contributed by atoms with Crippen LogP contribution >= 0.6 is 0 Å². The van der Waals surface area contributed by atoms with Crippen LogP contribution in [0.15, 0.2) is 61.1 Å². The monoisotopic (exact) mass is 364 g/mol. The first kappa shape index (κ1) is 21.8. The minimum absolute atomic E-state index is 0. The van der Waals surface area contributed by atoms with Crippen LogP contribution < -0.4 is 10.6 Å². The minimum Gasteiger partial charge on any atom is -0.387 e. The number of rotatable bonds is 2. The normalized spacial score (nSPS) is 9.19. The summed E-state index contributed by atoms with van der Waals surface area (Å²) in [6, 6.07) is 13.8. The topological polar surface area (TPSA) is 75.6 Å². The molecule has 6 nitrogen and oxygen atoms in total. The number of anilines is 2. The predicted octanol–water partition coefficient (Wildman–Crippen LogP) is 5.01. The summed E-state index contributed by atoms with van der Waals surface area (Å²) in [5, 5.41) is 16.1. The maximum absolute atomic E-state index is 4.25. The molecule has 27 heavy (non-hydrogen) atoms. The third kappa shape index (κ3) is 5.88. The van der Waals surface area contributed by atoms with Crippen LogP contribution in [0.5, 0.6) is 0 Å². The second-order valence-corrected chi connectivity index (χ2v) is 5.08. The zero-order valence-electron chi connectivity index (χ0n) is 15.6. The number of nitrogens with one attached hydrogen (secondary N) is 2. The smallest absolute Gasteiger partial charge is 0.149 e. The number of pyridine rings is 2. The van der Waals surface area contributed by atoms with Crippen molar-refractivity contribution >= 4 is 33.3 Å². The third-order valence-corrected chi connectivity index (χ3v) is 3.52. The quantitative estimate of drug-likeness (QED) is 0.521. The molecule has 4 rings (SSSR count). The van der Waals surface area contributed by atoms with Crippen molar-refractivity contribution in [3.8, 4) is 0 Å². The number of hydrogen-bond acceptors (Lipinski definition) is 6. The molecule has 0 atom stereocenters. The van der Waals surface area contributed by atoms with Crippen molar-refractivity contribution in [2.75, 3.05) is 24.7 Å². The van der Waals surface area contributed by atoms with Crippen LogP contribution in [0.2, 0.25) is 0 Å².